The minimum Gasteiger partial charge on any atom is -0.399 e. The molecule has 3 heterocycles. The van der Waals surface area contributed by atoms with Gasteiger partial charge in [0.1, 0.15) is 0 Å². The highest BCUT2D eigenvalue weighted by Crippen LogP contribution is 2.37. The average Bonchev–Trinajstić information content (AvgIpc) is 3.18. The molecular weight excluding hydrogens is 305 g/mol. The summed E-state index contributed by atoms with van der Waals surface area (Å²) in [6.45, 7) is 10.2. The summed E-state index contributed by atoms with van der Waals surface area (Å²) >= 11 is 0. The van der Waals surface area contributed by atoms with Gasteiger partial charge in [-0.15, -0.1) is 0 Å². The zero-order valence-electron chi connectivity index (χ0n) is 14.8. The van der Waals surface area contributed by atoms with Gasteiger partial charge in [-0.25, -0.2) is 0 Å². The average molecular weight is 329 g/mol. The number of carbonyl (C=O) groups is 1. The van der Waals surface area contributed by atoms with Crippen LogP contribution in [0.3, 0.4) is 0 Å². The second-order valence-corrected chi connectivity index (χ2v) is 7.91. The van der Waals surface area contributed by atoms with Crippen LogP contribution < -0.4 is 5.46 Å². The van der Waals surface area contributed by atoms with Gasteiger partial charge in [0.2, 0.25) is 0 Å². The lowest BCUT2D eigenvalue weighted by Crippen LogP contribution is -2.41. The molecule has 0 aliphatic carbocycles. The third kappa shape index (κ3) is 2.31. The molecule has 0 radical (unpaired) electrons. The van der Waals surface area contributed by atoms with Crippen molar-refractivity contribution in [2.24, 2.45) is 0 Å². The van der Waals surface area contributed by atoms with E-state index >= 15 is 0 Å². The lowest BCUT2D eigenvalue weighted by molar-refractivity contribution is 0.00578. The van der Waals surface area contributed by atoms with Crippen molar-refractivity contribution >= 4 is 18.5 Å². The van der Waals surface area contributed by atoms with E-state index in [0.717, 1.165) is 29.6 Å². The van der Waals surface area contributed by atoms with E-state index in [1.165, 1.54) is 0 Å². The van der Waals surface area contributed by atoms with Crippen molar-refractivity contribution < 1.29 is 18.8 Å². The molecule has 1 amide bonds. The molecule has 2 saturated heterocycles. The summed E-state index contributed by atoms with van der Waals surface area (Å²) in [5.41, 5.74) is 2.01. The number of fused-ring (bicyclic) bond motifs is 1. The number of nitrogens with zero attached hydrogens (tertiary/aromatic N) is 1. The fraction of sp³-hybridized carbons (Fsp3) is 0.611. The molecule has 5 nitrogen and oxygen atoms in total. The first-order chi connectivity index (χ1) is 11.3. The van der Waals surface area contributed by atoms with Crippen LogP contribution in [0.25, 0.3) is 0 Å². The molecule has 24 heavy (non-hydrogen) atoms. The summed E-state index contributed by atoms with van der Waals surface area (Å²) in [5, 5.41) is 0. The van der Waals surface area contributed by atoms with Gasteiger partial charge in [-0.2, -0.15) is 0 Å². The summed E-state index contributed by atoms with van der Waals surface area (Å²) < 4.78 is 17.8. The van der Waals surface area contributed by atoms with Crippen molar-refractivity contribution in [1.29, 1.82) is 0 Å². The Labute approximate surface area is 143 Å². The zero-order valence-corrected chi connectivity index (χ0v) is 14.8. The van der Waals surface area contributed by atoms with Gasteiger partial charge in [-0.1, -0.05) is 12.1 Å². The lowest BCUT2D eigenvalue weighted by atomic mass is 9.75. The lowest BCUT2D eigenvalue weighted by Gasteiger charge is -2.32. The highest BCUT2D eigenvalue weighted by atomic mass is 16.7. The summed E-state index contributed by atoms with van der Waals surface area (Å²) in [4.78, 5) is 14.7. The standard InChI is InChI=1S/C18H24BNO4/c1-17(2)18(3,4)24-19(23-17)15-7-5-6-13-14(15)10-20(16(13)21)12-8-9-22-11-12/h5-7,12H,8-11H2,1-4H3. The fourth-order valence-corrected chi connectivity index (χ4v) is 3.63. The monoisotopic (exact) mass is 329 g/mol. The Morgan fingerprint density at radius 3 is 2.50 bits per heavy atom. The first-order valence-electron chi connectivity index (χ1n) is 8.66. The number of amides is 1. The Morgan fingerprint density at radius 2 is 1.88 bits per heavy atom. The van der Waals surface area contributed by atoms with Crippen LogP contribution >= 0.6 is 0 Å². The van der Waals surface area contributed by atoms with E-state index in [1.807, 2.05) is 50.8 Å². The molecule has 0 spiro atoms. The number of carbonyl (C=O) groups excluding carboxylic acids is 1. The highest BCUT2D eigenvalue weighted by Gasteiger charge is 2.53. The molecule has 1 aromatic carbocycles. The molecular formula is C18H24BNO4. The molecule has 0 aromatic heterocycles. The Bertz CT molecular complexity index is 666. The van der Waals surface area contributed by atoms with Crippen molar-refractivity contribution in [3.05, 3.63) is 29.3 Å². The molecule has 128 valence electrons. The van der Waals surface area contributed by atoms with Crippen LogP contribution in [0, 0.1) is 0 Å². The van der Waals surface area contributed by atoms with E-state index in [9.17, 15) is 4.79 Å². The van der Waals surface area contributed by atoms with E-state index in [4.69, 9.17) is 14.0 Å². The molecule has 3 aliphatic heterocycles. The second-order valence-electron chi connectivity index (χ2n) is 7.91. The van der Waals surface area contributed by atoms with Gasteiger partial charge in [0.15, 0.2) is 0 Å². The summed E-state index contributed by atoms with van der Waals surface area (Å²) in [7, 11) is -0.433. The highest BCUT2D eigenvalue weighted by molar-refractivity contribution is 6.62. The molecule has 0 saturated carbocycles. The third-order valence-corrected chi connectivity index (χ3v) is 5.89. The largest absolute Gasteiger partial charge is 0.495 e. The summed E-state index contributed by atoms with van der Waals surface area (Å²) in [6, 6.07) is 6.02. The summed E-state index contributed by atoms with van der Waals surface area (Å²) in [6.07, 6.45) is 0.908. The smallest absolute Gasteiger partial charge is 0.399 e. The normalized spacial score (nSPS) is 27.8. The number of hydrogen-bond acceptors (Lipinski definition) is 4. The van der Waals surface area contributed by atoms with Crippen LogP contribution in [0.2, 0.25) is 0 Å². The number of rotatable bonds is 2. The number of benzene rings is 1. The van der Waals surface area contributed by atoms with Crippen LogP contribution in [0.15, 0.2) is 18.2 Å². The van der Waals surface area contributed by atoms with Crippen molar-refractivity contribution in [1.82, 2.24) is 4.90 Å². The van der Waals surface area contributed by atoms with Crippen LogP contribution in [0.1, 0.15) is 50.0 Å². The van der Waals surface area contributed by atoms with E-state index in [0.29, 0.717) is 13.2 Å². The van der Waals surface area contributed by atoms with Gasteiger partial charge in [0.25, 0.3) is 5.91 Å². The predicted molar refractivity (Wildman–Crippen MR) is 91.3 cm³/mol. The molecule has 3 aliphatic rings. The van der Waals surface area contributed by atoms with E-state index in [2.05, 4.69) is 0 Å². The SMILES string of the molecule is CC1(C)OB(c2cccc3c2CN(C2CCOC2)C3=O)OC1(C)C. The van der Waals surface area contributed by atoms with E-state index < -0.39 is 7.12 Å². The van der Waals surface area contributed by atoms with Crippen LogP contribution in [-0.4, -0.2) is 48.4 Å². The fourth-order valence-electron chi connectivity index (χ4n) is 3.63. The minimum atomic E-state index is -0.433. The predicted octanol–water partition coefficient (Wildman–Crippen LogP) is 1.73. The van der Waals surface area contributed by atoms with Crippen LogP contribution in [0.5, 0.6) is 0 Å². The molecule has 2 fully saturated rings. The first-order valence-corrected chi connectivity index (χ1v) is 8.66. The molecule has 4 rings (SSSR count). The van der Waals surface area contributed by atoms with E-state index in [1.54, 1.807) is 0 Å². The maximum absolute atomic E-state index is 12.8. The number of ether oxygens (including phenoxy) is 1. The molecule has 0 N–H and O–H groups in total. The molecule has 6 heteroatoms. The first kappa shape index (κ1) is 16.1. The molecule has 1 unspecified atom stereocenters. The van der Waals surface area contributed by atoms with Crippen LogP contribution in [0.4, 0.5) is 0 Å². The van der Waals surface area contributed by atoms with E-state index in [-0.39, 0.29) is 23.2 Å². The van der Waals surface area contributed by atoms with Gasteiger partial charge in [0, 0.05) is 18.7 Å². The number of hydrogen-bond donors (Lipinski definition) is 0. The maximum Gasteiger partial charge on any atom is 0.495 e. The zero-order chi connectivity index (χ0) is 17.1. The molecule has 1 aromatic rings. The van der Waals surface area contributed by atoms with Gasteiger partial charge >= 0.3 is 7.12 Å². The van der Waals surface area contributed by atoms with Gasteiger partial charge < -0.3 is 18.9 Å². The Morgan fingerprint density at radius 1 is 1.17 bits per heavy atom. The molecule has 1 atom stereocenters. The van der Waals surface area contributed by atoms with Crippen molar-refractivity contribution in [2.45, 2.75) is 57.9 Å². The molecule has 0 bridgehead atoms. The Hall–Kier alpha value is -1.37. The topological polar surface area (TPSA) is 48.0 Å². The third-order valence-electron chi connectivity index (χ3n) is 5.89. The van der Waals surface area contributed by atoms with Gasteiger partial charge in [-0.3, -0.25) is 4.79 Å². The maximum atomic E-state index is 12.8. The minimum absolute atomic E-state index is 0.0962. The quantitative estimate of drug-likeness (QED) is 0.776. The van der Waals surface area contributed by atoms with Gasteiger partial charge in [-0.05, 0) is 51.2 Å². The summed E-state index contributed by atoms with van der Waals surface area (Å²) in [5.74, 6) is 0.0962. The second kappa shape index (κ2) is 5.31. The van der Waals surface area contributed by atoms with Crippen molar-refractivity contribution in [2.75, 3.05) is 13.2 Å². The van der Waals surface area contributed by atoms with Gasteiger partial charge in [0.05, 0.1) is 23.9 Å². The van der Waals surface area contributed by atoms with Crippen molar-refractivity contribution in [3.63, 3.8) is 0 Å². The Kier molecular flexibility index (Phi) is 3.57. The Balaban J connectivity index is 1.66. The van der Waals surface area contributed by atoms with Crippen LogP contribution in [-0.2, 0) is 20.6 Å². The van der Waals surface area contributed by atoms with Crippen molar-refractivity contribution in [3.8, 4) is 0 Å².